The number of hydrogen-bond acceptors (Lipinski definition) is 4. The van der Waals surface area contributed by atoms with E-state index in [1.54, 1.807) is 6.07 Å². The highest BCUT2D eigenvalue weighted by Gasteiger charge is 2.19. The second-order valence-electron chi connectivity index (χ2n) is 8.16. The number of fused-ring (bicyclic) bond motifs is 1. The summed E-state index contributed by atoms with van der Waals surface area (Å²) in [5, 5.41) is 11.2. The number of ether oxygens (including phenoxy) is 1. The first-order valence-electron chi connectivity index (χ1n) is 10.8. The van der Waals surface area contributed by atoms with Crippen molar-refractivity contribution in [1.29, 1.82) is 0 Å². The molecule has 0 radical (unpaired) electrons. The maximum Gasteiger partial charge on any atom is 0.262 e. The number of nitrogens with one attached hydrogen (secondary N) is 1. The summed E-state index contributed by atoms with van der Waals surface area (Å²) in [6, 6.07) is 12.2. The third-order valence-electron chi connectivity index (χ3n) is 5.52. The first kappa shape index (κ1) is 21.0. The first-order valence-corrected chi connectivity index (χ1v) is 10.8. The van der Waals surface area contributed by atoms with E-state index in [-0.39, 0.29) is 18.3 Å². The second-order valence-corrected chi connectivity index (χ2v) is 8.16. The fourth-order valence-corrected chi connectivity index (χ4v) is 3.75. The number of anilines is 1. The number of carbonyl (C=O) groups excluding carboxylic acids is 1. The van der Waals surface area contributed by atoms with Crippen LogP contribution < -0.4 is 10.1 Å². The van der Waals surface area contributed by atoms with E-state index in [4.69, 9.17) is 4.74 Å². The molecule has 0 aliphatic carbocycles. The Bertz CT molecular complexity index is 1060. The van der Waals surface area contributed by atoms with Crippen LogP contribution in [0, 0.1) is 5.82 Å². The minimum atomic E-state index is -0.390. The van der Waals surface area contributed by atoms with Crippen LogP contribution in [0.15, 0.2) is 42.5 Å². The van der Waals surface area contributed by atoms with Crippen LogP contribution in [0.5, 0.6) is 5.75 Å². The van der Waals surface area contributed by atoms with Crippen molar-refractivity contribution in [2.75, 3.05) is 11.9 Å². The number of rotatable bonds is 6. The van der Waals surface area contributed by atoms with Gasteiger partial charge in [0.25, 0.3) is 5.91 Å². The van der Waals surface area contributed by atoms with Crippen molar-refractivity contribution in [1.82, 2.24) is 14.8 Å². The van der Waals surface area contributed by atoms with E-state index >= 15 is 0 Å². The molecule has 7 heteroatoms. The topological polar surface area (TPSA) is 69.0 Å². The summed E-state index contributed by atoms with van der Waals surface area (Å²) in [4.78, 5) is 12.4. The van der Waals surface area contributed by atoms with Crippen LogP contribution in [0.3, 0.4) is 0 Å². The predicted octanol–water partition coefficient (Wildman–Crippen LogP) is 4.95. The van der Waals surface area contributed by atoms with Crippen LogP contribution in [-0.2, 0) is 17.8 Å². The number of hydrogen-bond donors (Lipinski definition) is 1. The summed E-state index contributed by atoms with van der Waals surface area (Å²) < 4.78 is 22.1. The summed E-state index contributed by atoms with van der Waals surface area (Å²) in [5.74, 6) is 1.76. The molecule has 0 saturated heterocycles. The Hall–Kier alpha value is -3.22. The molecule has 2 heterocycles. The van der Waals surface area contributed by atoms with Crippen molar-refractivity contribution in [3.8, 4) is 17.1 Å². The molecule has 0 spiro atoms. The fraction of sp³-hybridized carbons (Fsp3) is 0.375. The monoisotopic (exact) mass is 422 g/mol. The van der Waals surface area contributed by atoms with Gasteiger partial charge in [-0.3, -0.25) is 4.79 Å². The molecule has 1 aliphatic rings. The Morgan fingerprint density at radius 1 is 1.13 bits per heavy atom. The first-order chi connectivity index (χ1) is 15.0. The van der Waals surface area contributed by atoms with Crippen molar-refractivity contribution in [3.05, 3.63) is 59.7 Å². The number of aryl methyl sites for hydroxylation is 1. The van der Waals surface area contributed by atoms with Crippen LogP contribution >= 0.6 is 0 Å². The Balaban J connectivity index is 1.44. The van der Waals surface area contributed by atoms with Gasteiger partial charge in [0, 0.05) is 18.7 Å². The fourth-order valence-electron chi connectivity index (χ4n) is 3.75. The van der Waals surface area contributed by atoms with E-state index in [0.717, 1.165) is 38.1 Å². The molecule has 0 unspecified atom stereocenters. The summed E-state index contributed by atoms with van der Waals surface area (Å²) in [7, 11) is 0. The Labute approximate surface area is 181 Å². The molecule has 1 aromatic heterocycles. The molecule has 1 amide bonds. The van der Waals surface area contributed by atoms with Crippen LogP contribution in [0.25, 0.3) is 11.4 Å². The molecule has 3 aromatic rings. The van der Waals surface area contributed by atoms with Crippen molar-refractivity contribution < 1.29 is 13.9 Å². The molecule has 162 valence electrons. The van der Waals surface area contributed by atoms with Crippen molar-refractivity contribution in [2.45, 2.75) is 52.0 Å². The van der Waals surface area contributed by atoms with Gasteiger partial charge in [0.15, 0.2) is 12.4 Å². The molecule has 6 nitrogen and oxygen atoms in total. The Morgan fingerprint density at radius 2 is 1.94 bits per heavy atom. The predicted molar refractivity (Wildman–Crippen MR) is 118 cm³/mol. The van der Waals surface area contributed by atoms with Gasteiger partial charge in [0.1, 0.15) is 17.4 Å². The van der Waals surface area contributed by atoms with Gasteiger partial charge in [-0.05, 0) is 54.7 Å². The number of amides is 1. The molecular weight excluding hydrogens is 395 g/mol. The maximum atomic E-state index is 14.6. The smallest absolute Gasteiger partial charge is 0.262 e. The van der Waals surface area contributed by atoms with Crippen LogP contribution in [0.1, 0.15) is 50.4 Å². The van der Waals surface area contributed by atoms with Gasteiger partial charge < -0.3 is 14.6 Å². The van der Waals surface area contributed by atoms with Gasteiger partial charge in [-0.15, -0.1) is 10.2 Å². The molecular formula is C24H27FN4O2. The third kappa shape index (κ3) is 4.93. The van der Waals surface area contributed by atoms with Crippen molar-refractivity contribution in [2.24, 2.45) is 0 Å². The second kappa shape index (κ2) is 9.29. The lowest BCUT2D eigenvalue weighted by atomic mass is 10.0. The van der Waals surface area contributed by atoms with E-state index in [2.05, 4.69) is 29.4 Å². The standard InChI is InChI=1S/C24H27FN4O2/c1-16(2)17-7-10-19(11-8-17)31-15-23(30)26-18-9-12-21(25)20(14-18)24-28-27-22-6-4-3-5-13-29(22)24/h7-12,14,16H,3-6,13,15H2,1-2H3,(H,26,30). The lowest BCUT2D eigenvalue weighted by Gasteiger charge is -2.11. The summed E-state index contributed by atoms with van der Waals surface area (Å²) >= 11 is 0. The molecule has 31 heavy (non-hydrogen) atoms. The number of halogens is 1. The lowest BCUT2D eigenvalue weighted by molar-refractivity contribution is -0.118. The minimum absolute atomic E-state index is 0.131. The molecule has 1 aliphatic heterocycles. The number of benzene rings is 2. The molecule has 1 N–H and O–H groups in total. The maximum absolute atomic E-state index is 14.6. The van der Waals surface area contributed by atoms with Gasteiger partial charge in [0.05, 0.1) is 5.56 Å². The highest BCUT2D eigenvalue weighted by Crippen LogP contribution is 2.27. The average Bonchev–Trinajstić information content (AvgIpc) is 3.01. The van der Waals surface area contributed by atoms with E-state index in [1.165, 1.54) is 17.7 Å². The molecule has 0 fully saturated rings. The zero-order chi connectivity index (χ0) is 21.8. The normalized spacial score (nSPS) is 13.5. The molecule has 0 bridgehead atoms. The minimum Gasteiger partial charge on any atom is -0.484 e. The van der Waals surface area contributed by atoms with E-state index < -0.39 is 0 Å². The Morgan fingerprint density at radius 3 is 2.71 bits per heavy atom. The number of carbonyl (C=O) groups is 1. The van der Waals surface area contributed by atoms with Crippen LogP contribution in [0.2, 0.25) is 0 Å². The van der Waals surface area contributed by atoms with E-state index in [9.17, 15) is 9.18 Å². The van der Waals surface area contributed by atoms with Gasteiger partial charge in [-0.2, -0.15) is 0 Å². The highest BCUT2D eigenvalue weighted by molar-refractivity contribution is 5.92. The molecule has 2 aromatic carbocycles. The van der Waals surface area contributed by atoms with Crippen LogP contribution in [-0.4, -0.2) is 27.3 Å². The van der Waals surface area contributed by atoms with E-state index in [0.29, 0.717) is 28.7 Å². The summed E-state index contributed by atoms with van der Waals surface area (Å²) in [6.07, 6.45) is 4.06. The van der Waals surface area contributed by atoms with Gasteiger partial charge in [-0.25, -0.2) is 4.39 Å². The number of aromatic nitrogens is 3. The SMILES string of the molecule is CC(C)c1ccc(OCC(=O)Nc2ccc(F)c(-c3nnc4n3CCCCC4)c2)cc1. The third-order valence-corrected chi connectivity index (χ3v) is 5.52. The Kier molecular flexibility index (Phi) is 6.30. The molecule has 0 saturated carbocycles. The van der Waals surface area contributed by atoms with Crippen LogP contribution in [0.4, 0.5) is 10.1 Å². The summed E-state index contributed by atoms with van der Waals surface area (Å²) in [6.45, 7) is 4.89. The zero-order valence-electron chi connectivity index (χ0n) is 17.9. The molecule has 0 atom stereocenters. The van der Waals surface area contributed by atoms with Gasteiger partial charge >= 0.3 is 0 Å². The molecule has 4 rings (SSSR count). The quantitative estimate of drug-likeness (QED) is 0.610. The lowest BCUT2D eigenvalue weighted by Crippen LogP contribution is -2.20. The van der Waals surface area contributed by atoms with Crippen molar-refractivity contribution in [3.63, 3.8) is 0 Å². The van der Waals surface area contributed by atoms with Gasteiger partial charge in [-0.1, -0.05) is 32.4 Å². The van der Waals surface area contributed by atoms with E-state index in [1.807, 2.05) is 28.8 Å². The van der Waals surface area contributed by atoms with Crippen molar-refractivity contribution >= 4 is 11.6 Å². The summed E-state index contributed by atoms with van der Waals surface area (Å²) in [5.41, 5.74) is 2.04. The van der Waals surface area contributed by atoms with Gasteiger partial charge in [0.2, 0.25) is 0 Å². The zero-order valence-corrected chi connectivity index (χ0v) is 17.9. The highest BCUT2D eigenvalue weighted by atomic mass is 19.1. The number of nitrogens with zero attached hydrogens (tertiary/aromatic N) is 3. The largest absolute Gasteiger partial charge is 0.484 e. The average molecular weight is 423 g/mol.